The summed E-state index contributed by atoms with van der Waals surface area (Å²) in [5.74, 6) is 0.0999. The molecule has 5 heteroatoms. The van der Waals surface area contributed by atoms with Crippen LogP contribution >= 0.6 is 35.2 Å². The first-order valence-electron chi connectivity index (χ1n) is 4.61. The summed E-state index contributed by atoms with van der Waals surface area (Å²) in [7, 11) is 0. The number of thiol groups is 1. The normalized spacial score (nSPS) is 21.1. The number of carbonyl (C=O) groups is 1. The van der Waals surface area contributed by atoms with E-state index in [0.29, 0.717) is 18.7 Å². The topological polar surface area (TPSA) is 46.3 Å². The number of rotatable bonds is 1. The molecule has 1 saturated heterocycles. The van der Waals surface area contributed by atoms with Gasteiger partial charge in [-0.25, -0.2) is 0 Å². The van der Waals surface area contributed by atoms with E-state index in [0.717, 1.165) is 9.26 Å². The highest BCUT2D eigenvalue weighted by Gasteiger charge is 2.29. The van der Waals surface area contributed by atoms with Gasteiger partial charge < -0.3 is 10.6 Å². The first-order valence-corrected chi connectivity index (χ1v) is 6.21. The first kappa shape index (κ1) is 11.1. The Morgan fingerprint density at radius 2 is 2.27 bits per heavy atom. The van der Waals surface area contributed by atoms with Crippen LogP contribution in [0.2, 0.25) is 0 Å². The average molecular weight is 334 g/mol. The lowest BCUT2D eigenvalue weighted by Gasteiger charge is -2.18. The van der Waals surface area contributed by atoms with Crippen LogP contribution in [0.15, 0.2) is 18.2 Å². The minimum Gasteiger partial charge on any atom is -0.397 e. The fraction of sp³-hybridized carbons (Fsp3) is 0.300. The number of nitrogens with two attached hydrogens (primary N) is 1. The predicted molar refractivity (Wildman–Crippen MR) is 73.3 cm³/mol. The van der Waals surface area contributed by atoms with Crippen LogP contribution in [0.4, 0.5) is 11.4 Å². The maximum Gasteiger partial charge on any atom is 0.228 e. The van der Waals surface area contributed by atoms with E-state index in [-0.39, 0.29) is 11.2 Å². The molecule has 15 heavy (non-hydrogen) atoms. The number of carbonyl (C=O) groups excluding carboxylic acids is 1. The third-order valence-electron chi connectivity index (χ3n) is 2.38. The summed E-state index contributed by atoms with van der Waals surface area (Å²) in [6.07, 6.45) is 0.495. The van der Waals surface area contributed by atoms with Gasteiger partial charge in [-0.15, -0.1) is 0 Å². The summed E-state index contributed by atoms with van der Waals surface area (Å²) in [5.41, 5.74) is 7.34. The Hall–Kier alpha value is -0.430. The molecule has 80 valence electrons. The summed E-state index contributed by atoms with van der Waals surface area (Å²) in [4.78, 5) is 13.4. The van der Waals surface area contributed by atoms with Crippen molar-refractivity contribution in [3.8, 4) is 0 Å². The summed E-state index contributed by atoms with van der Waals surface area (Å²) in [6, 6.07) is 5.71. The second kappa shape index (κ2) is 4.21. The molecule has 3 nitrogen and oxygen atoms in total. The van der Waals surface area contributed by atoms with Crippen LogP contribution in [0.5, 0.6) is 0 Å². The molecule has 0 aliphatic carbocycles. The van der Waals surface area contributed by atoms with Crippen LogP contribution in [0.25, 0.3) is 0 Å². The minimum absolute atomic E-state index is 0.0999. The Bertz CT molecular complexity index is 410. The van der Waals surface area contributed by atoms with Crippen molar-refractivity contribution in [2.75, 3.05) is 17.2 Å². The highest BCUT2D eigenvalue weighted by molar-refractivity contribution is 14.1. The Morgan fingerprint density at radius 3 is 2.80 bits per heavy atom. The molecule has 2 N–H and O–H groups in total. The van der Waals surface area contributed by atoms with Crippen molar-refractivity contribution in [2.45, 2.75) is 11.7 Å². The zero-order valence-corrected chi connectivity index (χ0v) is 11.0. The molecule has 0 saturated carbocycles. The number of nitrogen functional groups attached to an aromatic ring is 1. The van der Waals surface area contributed by atoms with Gasteiger partial charge in [0, 0.05) is 21.8 Å². The minimum atomic E-state index is 0.0999. The Kier molecular flexibility index (Phi) is 3.11. The lowest BCUT2D eigenvalue weighted by molar-refractivity contribution is -0.117. The number of hydrogen-bond acceptors (Lipinski definition) is 3. The second-order valence-corrected chi connectivity index (χ2v) is 5.54. The number of benzene rings is 1. The molecule has 0 aromatic heterocycles. The molecule has 1 aromatic carbocycles. The van der Waals surface area contributed by atoms with Crippen molar-refractivity contribution < 1.29 is 4.79 Å². The van der Waals surface area contributed by atoms with E-state index in [9.17, 15) is 4.79 Å². The van der Waals surface area contributed by atoms with Gasteiger partial charge in [0.2, 0.25) is 5.91 Å². The predicted octanol–water partition coefficient (Wildman–Crippen LogP) is 1.91. The lowest BCUT2D eigenvalue weighted by Crippen LogP contribution is -2.25. The van der Waals surface area contributed by atoms with Crippen molar-refractivity contribution in [3.05, 3.63) is 21.8 Å². The summed E-state index contributed by atoms with van der Waals surface area (Å²) in [6.45, 7) is 0.646. The second-order valence-electron chi connectivity index (χ2n) is 3.57. The maximum atomic E-state index is 11.6. The van der Waals surface area contributed by atoms with Crippen molar-refractivity contribution in [2.24, 2.45) is 0 Å². The smallest absolute Gasteiger partial charge is 0.228 e. The van der Waals surface area contributed by atoms with Gasteiger partial charge >= 0.3 is 0 Å². The monoisotopic (exact) mass is 334 g/mol. The van der Waals surface area contributed by atoms with Crippen LogP contribution in [0, 0.1) is 3.57 Å². The van der Waals surface area contributed by atoms with Gasteiger partial charge in [-0.05, 0) is 40.8 Å². The lowest BCUT2D eigenvalue weighted by atomic mass is 10.2. The fourth-order valence-corrected chi connectivity index (χ4v) is 2.53. The van der Waals surface area contributed by atoms with Crippen molar-refractivity contribution in [1.29, 1.82) is 0 Å². The van der Waals surface area contributed by atoms with Crippen LogP contribution < -0.4 is 10.6 Å². The van der Waals surface area contributed by atoms with Gasteiger partial charge in [-0.3, -0.25) is 4.79 Å². The van der Waals surface area contributed by atoms with Gasteiger partial charge in [0.05, 0.1) is 11.4 Å². The molecule has 1 atom stereocenters. The Labute approximate surface area is 108 Å². The molecule has 1 fully saturated rings. The SMILES string of the molecule is Nc1cc(I)ccc1N1CC(S)CC1=O. The number of hydrogen-bond donors (Lipinski definition) is 2. The van der Waals surface area contributed by atoms with Crippen LogP contribution in [0.3, 0.4) is 0 Å². The number of halogens is 1. The van der Waals surface area contributed by atoms with Gasteiger partial charge in [0.1, 0.15) is 0 Å². The molecule has 1 unspecified atom stereocenters. The number of amides is 1. The van der Waals surface area contributed by atoms with Crippen LogP contribution in [0.1, 0.15) is 6.42 Å². The molecule has 0 radical (unpaired) electrons. The van der Waals surface area contributed by atoms with Crippen LogP contribution in [-0.4, -0.2) is 17.7 Å². The van der Waals surface area contributed by atoms with E-state index in [1.807, 2.05) is 18.2 Å². The molecular formula is C10H11IN2OS. The fourth-order valence-electron chi connectivity index (χ4n) is 1.69. The highest BCUT2D eigenvalue weighted by atomic mass is 127. The Balaban J connectivity index is 2.34. The number of anilines is 2. The van der Waals surface area contributed by atoms with E-state index in [1.165, 1.54) is 0 Å². The molecule has 1 aromatic rings. The molecule has 2 rings (SSSR count). The third kappa shape index (κ3) is 2.23. The van der Waals surface area contributed by atoms with Gasteiger partial charge in [0.15, 0.2) is 0 Å². The van der Waals surface area contributed by atoms with Crippen LogP contribution in [-0.2, 0) is 4.79 Å². The van der Waals surface area contributed by atoms with Crippen molar-refractivity contribution >= 4 is 52.5 Å². The highest BCUT2D eigenvalue weighted by Crippen LogP contribution is 2.30. The molecule has 0 bridgehead atoms. The molecule has 1 amide bonds. The quantitative estimate of drug-likeness (QED) is 0.468. The van der Waals surface area contributed by atoms with E-state index in [2.05, 4.69) is 35.2 Å². The summed E-state index contributed by atoms with van der Waals surface area (Å²) >= 11 is 6.51. The van der Waals surface area contributed by atoms with E-state index >= 15 is 0 Å². The zero-order chi connectivity index (χ0) is 11.0. The van der Waals surface area contributed by atoms with Gasteiger partial charge in [-0.1, -0.05) is 0 Å². The Morgan fingerprint density at radius 1 is 1.53 bits per heavy atom. The summed E-state index contributed by atoms with van der Waals surface area (Å²) in [5, 5.41) is 0.121. The molecule has 1 heterocycles. The maximum absolute atomic E-state index is 11.6. The van der Waals surface area contributed by atoms with E-state index in [4.69, 9.17) is 5.73 Å². The third-order valence-corrected chi connectivity index (χ3v) is 3.40. The first-order chi connectivity index (χ1) is 7.08. The van der Waals surface area contributed by atoms with Gasteiger partial charge in [-0.2, -0.15) is 12.6 Å². The largest absolute Gasteiger partial charge is 0.397 e. The van der Waals surface area contributed by atoms with E-state index < -0.39 is 0 Å². The standard InChI is InChI=1S/C10H11IN2OS/c11-6-1-2-9(8(12)3-6)13-5-7(15)4-10(13)14/h1-3,7,15H,4-5,12H2. The van der Waals surface area contributed by atoms with Crippen molar-refractivity contribution in [1.82, 2.24) is 0 Å². The number of nitrogens with zero attached hydrogens (tertiary/aromatic N) is 1. The molecule has 0 spiro atoms. The molecular weight excluding hydrogens is 323 g/mol. The van der Waals surface area contributed by atoms with E-state index in [1.54, 1.807) is 4.90 Å². The van der Waals surface area contributed by atoms with Gasteiger partial charge in [0.25, 0.3) is 0 Å². The average Bonchev–Trinajstić information content (AvgIpc) is 2.45. The zero-order valence-electron chi connectivity index (χ0n) is 7.98. The molecule has 1 aliphatic rings. The molecule has 1 aliphatic heterocycles. The summed E-state index contributed by atoms with van der Waals surface area (Å²) < 4.78 is 1.07. The van der Waals surface area contributed by atoms with Crippen molar-refractivity contribution in [3.63, 3.8) is 0 Å².